The minimum atomic E-state index is -0.121. The largest absolute Gasteiger partial charge is 0.326 e. The summed E-state index contributed by atoms with van der Waals surface area (Å²) in [4.78, 5) is 25.6. The van der Waals surface area contributed by atoms with E-state index in [0.717, 1.165) is 41.8 Å². The maximum atomic E-state index is 12.8. The predicted molar refractivity (Wildman–Crippen MR) is 115 cm³/mol. The van der Waals surface area contributed by atoms with Crippen LogP contribution in [0, 0.1) is 39.5 Å². The first-order valence-corrected chi connectivity index (χ1v) is 10.1. The topological polar surface area (TPSA) is 58.2 Å². The standard InChI is InChI=1S/C24H30N2O2/c1-15-8-10-21(17(3)12-15)25-23(27)19-6-5-7-20(14-19)24(28)26-22-11-9-16(2)13-18(22)4/h8-13,19-20H,5-7,14H2,1-4H3,(H,25,27)(H,26,28). The minimum Gasteiger partial charge on any atom is -0.326 e. The van der Waals surface area contributed by atoms with E-state index in [1.54, 1.807) is 0 Å². The van der Waals surface area contributed by atoms with Gasteiger partial charge in [0.25, 0.3) is 0 Å². The molecule has 0 heterocycles. The molecule has 4 nitrogen and oxygen atoms in total. The van der Waals surface area contributed by atoms with Crippen LogP contribution >= 0.6 is 0 Å². The van der Waals surface area contributed by atoms with Crippen LogP contribution in [0.5, 0.6) is 0 Å². The van der Waals surface area contributed by atoms with Crippen molar-refractivity contribution in [2.24, 2.45) is 11.8 Å². The number of hydrogen-bond acceptors (Lipinski definition) is 2. The van der Waals surface area contributed by atoms with E-state index >= 15 is 0 Å². The van der Waals surface area contributed by atoms with Crippen LogP contribution in [0.25, 0.3) is 0 Å². The summed E-state index contributed by atoms with van der Waals surface area (Å²) >= 11 is 0. The summed E-state index contributed by atoms with van der Waals surface area (Å²) < 4.78 is 0. The van der Waals surface area contributed by atoms with Crippen LogP contribution in [0.4, 0.5) is 11.4 Å². The highest BCUT2D eigenvalue weighted by Crippen LogP contribution is 2.31. The predicted octanol–water partition coefficient (Wildman–Crippen LogP) is 5.30. The summed E-state index contributed by atoms with van der Waals surface area (Å²) in [5.41, 5.74) is 6.20. The smallest absolute Gasteiger partial charge is 0.227 e. The van der Waals surface area contributed by atoms with Gasteiger partial charge in [-0.2, -0.15) is 0 Å². The van der Waals surface area contributed by atoms with E-state index in [2.05, 4.69) is 22.8 Å². The van der Waals surface area contributed by atoms with E-state index < -0.39 is 0 Å². The van der Waals surface area contributed by atoms with E-state index in [0.29, 0.717) is 6.42 Å². The van der Waals surface area contributed by atoms with E-state index in [1.807, 2.05) is 52.0 Å². The molecule has 2 N–H and O–H groups in total. The summed E-state index contributed by atoms with van der Waals surface area (Å²) in [6, 6.07) is 12.0. The Labute approximate surface area is 167 Å². The van der Waals surface area contributed by atoms with E-state index in [-0.39, 0.29) is 23.7 Å². The van der Waals surface area contributed by atoms with Crippen LogP contribution < -0.4 is 10.6 Å². The van der Waals surface area contributed by atoms with Crippen LogP contribution in [-0.2, 0) is 9.59 Å². The Balaban J connectivity index is 1.62. The zero-order valence-electron chi connectivity index (χ0n) is 17.3. The number of benzene rings is 2. The van der Waals surface area contributed by atoms with Gasteiger partial charge in [0.2, 0.25) is 11.8 Å². The van der Waals surface area contributed by atoms with E-state index in [4.69, 9.17) is 0 Å². The molecule has 1 fully saturated rings. The van der Waals surface area contributed by atoms with Gasteiger partial charge < -0.3 is 10.6 Å². The lowest BCUT2D eigenvalue weighted by molar-refractivity contribution is -0.124. The summed E-state index contributed by atoms with van der Waals surface area (Å²) in [6.45, 7) is 8.09. The molecule has 0 spiro atoms. The molecule has 0 aliphatic heterocycles. The molecule has 0 saturated heterocycles. The Morgan fingerprint density at radius 1 is 0.750 bits per heavy atom. The van der Waals surface area contributed by atoms with Crippen molar-refractivity contribution in [1.82, 2.24) is 0 Å². The highest BCUT2D eigenvalue weighted by Gasteiger charge is 2.31. The van der Waals surface area contributed by atoms with Crippen molar-refractivity contribution in [3.05, 3.63) is 58.7 Å². The van der Waals surface area contributed by atoms with Crippen molar-refractivity contribution >= 4 is 23.2 Å². The Bertz CT molecular complexity index is 817. The molecule has 0 aromatic heterocycles. The van der Waals surface area contributed by atoms with Crippen LogP contribution in [0.2, 0.25) is 0 Å². The third-order valence-corrected chi connectivity index (χ3v) is 5.70. The summed E-state index contributed by atoms with van der Waals surface area (Å²) in [5.74, 6) is -0.194. The summed E-state index contributed by atoms with van der Waals surface area (Å²) in [7, 11) is 0. The SMILES string of the molecule is Cc1ccc(NC(=O)C2CCCC(C(=O)Nc3ccc(C)cc3C)C2)c(C)c1. The zero-order valence-corrected chi connectivity index (χ0v) is 17.3. The van der Waals surface area contributed by atoms with Crippen molar-refractivity contribution in [2.75, 3.05) is 10.6 Å². The lowest BCUT2D eigenvalue weighted by Crippen LogP contribution is -2.33. The quantitative estimate of drug-likeness (QED) is 0.758. The minimum absolute atomic E-state index is 0.0240. The van der Waals surface area contributed by atoms with Gasteiger partial charge in [0, 0.05) is 23.2 Å². The van der Waals surface area contributed by atoms with Crippen molar-refractivity contribution in [3.8, 4) is 0 Å². The number of rotatable bonds is 4. The molecule has 0 radical (unpaired) electrons. The molecule has 148 valence electrons. The molecule has 1 saturated carbocycles. The number of carbonyl (C=O) groups is 2. The van der Waals surface area contributed by atoms with Crippen molar-refractivity contribution in [3.63, 3.8) is 0 Å². The second-order valence-corrected chi connectivity index (χ2v) is 8.18. The Morgan fingerprint density at radius 2 is 1.18 bits per heavy atom. The summed E-state index contributed by atoms with van der Waals surface area (Å²) in [5, 5.41) is 6.12. The first kappa shape index (κ1) is 20.1. The molecule has 2 aromatic carbocycles. The lowest BCUT2D eigenvalue weighted by Gasteiger charge is -2.28. The van der Waals surface area contributed by atoms with Crippen LogP contribution in [0.15, 0.2) is 36.4 Å². The first-order valence-electron chi connectivity index (χ1n) is 10.1. The number of anilines is 2. The second kappa shape index (κ2) is 8.59. The molecular weight excluding hydrogens is 348 g/mol. The fourth-order valence-electron chi connectivity index (χ4n) is 4.04. The van der Waals surface area contributed by atoms with Crippen LogP contribution in [0.1, 0.15) is 47.9 Å². The molecular formula is C24H30N2O2. The molecule has 2 amide bonds. The van der Waals surface area contributed by atoms with Gasteiger partial charge in [-0.15, -0.1) is 0 Å². The van der Waals surface area contributed by atoms with Gasteiger partial charge in [0.1, 0.15) is 0 Å². The molecule has 2 atom stereocenters. The average molecular weight is 379 g/mol. The number of nitrogens with one attached hydrogen (secondary N) is 2. The average Bonchev–Trinajstić information content (AvgIpc) is 2.66. The van der Waals surface area contributed by atoms with Crippen molar-refractivity contribution < 1.29 is 9.59 Å². The van der Waals surface area contributed by atoms with Gasteiger partial charge in [0.05, 0.1) is 0 Å². The molecule has 1 aliphatic carbocycles. The zero-order chi connectivity index (χ0) is 20.3. The van der Waals surface area contributed by atoms with E-state index in [1.165, 1.54) is 11.1 Å². The van der Waals surface area contributed by atoms with Gasteiger partial charge in [-0.3, -0.25) is 9.59 Å². The normalized spacial score (nSPS) is 19.1. The lowest BCUT2D eigenvalue weighted by atomic mass is 9.80. The summed E-state index contributed by atoms with van der Waals surface area (Å²) in [6.07, 6.45) is 3.18. The van der Waals surface area contributed by atoms with Crippen LogP contribution in [-0.4, -0.2) is 11.8 Å². The fourth-order valence-corrected chi connectivity index (χ4v) is 4.04. The first-order chi connectivity index (χ1) is 13.3. The number of hydrogen-bond donors (Lipinski definition) is 2. The van der Waals surface area contributed by atoms with Crippen molar-refractivity contribution in [1.29, 1.82) is 0 Å². The molecule has 3 rings (SSSR count). The van der Waals surface area contributed by atoms with Gasteiger partial charge in [-0.05, 0) is 70.2 Å². The van der Waals surface area contributed by atoms with Gasteiger partial charge >= 0.3 is 0 Å². The highest BCUT2D eigenvalue weighted by molar-refractivity contribution is 5.96. The fraction of sp³-hybridized carbons (Fsp3) is 0.417. The number of aryl methyl sites for hydroxylation is 4. The van der Waals surface area contributed by atoms with Gasteiger partial charge in [-0.1, -0.05) is 41.8 Å². The molecule has 4 heteroatoms. The Hall–Kier alpha value is -2.62. The van der Waals surface area contributed by atoms with Gasteiger partial charge in [0.15, 0.2) is 0 Å². The molecule has 2 unspecified atom stereocenters. The number of amides is 2. The Morgan fingerprint density at radius 3 is 1.57 bits per heavy atom. The molecule has 28 heavy (non-hydrogen) atoms. The van der Waals surface area contributed by atoms with Crippen LogP contribution in [0.3, 0.4) is 0 Å². The van der Waals surface area contributed by atoms with Crippen molar-refractivity contribution in [2.45, 2.75) is 53.4 Å². The molecule has 0 bridgehead atoms. The second-order valence-electron chi connectivity index (χ2n) is 8.18. The van der Waals surface area contributed by atoms with Gasteiger partial charge in [-0.25, -0.2) is 0 Å². The number of carbonyl (C=O) groups excluding carboxylic acids is 2. The van der Waals surface area contributed by atoms with E-state index in [9.17, 15) is 9.59 Å². The third-order valence-electron chi connectivity index (χ3n) is 5.70. The molecule has 2 aromatic rings. The Kier molecular flexibility index (Phi) is 6.18. The maximum Gasteiger partial charge on any atom is 0.227 e. The monoisotopic (exact) mass is 378 g/mol. The highest BCUT2D eigenvalue weighted by atomic mass is 16.2. The maximum absolute atomic E-state index is 12.8. The third kappa shape index (κ3) is 4.80. The molecule has 1 aliphatic rings.